The average molecular weight is 286 g/mol. The predicted octanol–water partition coefficient (Wildman–Crippen LogP) is 2.94. The van der Waals surface area contributed by atoms with Gasteiger partial charge in [0.2, 0.25) is 5.91 Å². The molecule has 1 atom stereocenters. The van der Waals surface area contributed by atoms with Crippen molar-refractivity contribution in [3.8, 4) is 0 Å². The monoisotopic (exact) mass is 286 g/mol. The van der Waals surface area contributed by atoms with Crippen LogP contribution in [0.25, 0.3) is 5.57 Å². The van der Waals surface area contributed by atoms with E-state index in [1.165, 1.54) is 11.1 Å². The van der Waals surface area contributed by atoms with Crippen LogP contribution in [0.2, 0.25) is 0 Å². The van der Waals surface area contributed by atoms with Crippen molar-refractivity contribution in [2.45, 2.75) is 33.2 Å². The molecule has 1 heterocycles. The van der Waals surface area contributed by atoms with Crippen molar-refractivity contribution < 1.29 is 4.79 Å². The van der Waals surface area contributed by atoms with E-state index >= 15 is 0 Å². The molecule has 21 heavy (non-hydrogen) atoms. The van der Waals surface area contributed by atoms with E-state index in [1.54, 1.807) is 0 Å². The molecule has 1 aromatic carbocycles. The molecule has 1 N–H and O–H groups in total. The van der Waals surface area contributed by atoms with Crippen LogP contribution in [0, 0.1) is 5.92 Å². The summed E-state index contributed by atoms with van der Waals surface area (Å²) in [5.74, 6) is 0.781. The minimum Gasteiger partial charge on any atom is -0.353 e. The van der Waals surface area contributed by atoms with Crippen molar-refractivity contribution >= 4 is 11.5 Å². The number of benzene rings is 1. The first kappa shape index (κ1) is 15.8. The number of rotatable bonds is 5. The van der Waals surface area contributed by atoms with Crippen molar-refractivity contribution in [1.29, 1.82) is 0 Å². The second kappa shape index (κ2) is 7.41. The molecule has 0 aromatic heterocycles. The molecule has 2 rings (SSSR count). The lowest BCUT2D eigenvalue weighted by Crippen LogP contribution is -2.54. The topological polar surface area (TPSA) is 32.3 Å². The normalized spacial score (nSPS) is 20.7. The minimum atomic E-state index is -0.0510. The molecule has 1 aliphatic heterocycles. The highest BCUT2D eigenvalue weighted by molar-refractivity contribution is 5.82. The van der Waals surface area contributed by atoms with Gasteiger partial charge in [0.25, 0.3) is 0 Å². The number of nitrogens with zero attached hydrogens (tertiary/aromatic N) is 1. The number of nitrogens with one attached hydrogen (secondary N) is 1. The first-order valence-electron chi connectivity index (χ1n) is 7.84. The second-order valence-corrected chi connectivity index (χ2v) is 6.16. The van der Waals surface area contributed by atoms with Gasteiger partial charge in [-0.3, -0.25) is 9.69 Å². The molecular formula is C18H26N2O. The molecular weight excluding hydrogens is 260 g/mol. The van der Waals surface area contributed by atoms with Gasteiger partial charge in [0, 0.05) is 19.6 Å². The molecule has 1 amide bonds. The Bertz CT molecular complexity index is 493. The fourth-order valence-corrected chi connectivity index (χ4v) is 2.57. The van der Waals surface area contributed by atoms with Gasteiger partial charge in [0.05, 0.1) is 6.04 Å². The summed E-state index contributed by atoms with van der Waals surface area (Å²) in [6, 6.07) is 10.4. The Kier molecular flexibility index (Phi) is 5.57. The first-order chi connectivity index (χ1) is 10.1. The fraction of sp³-hybridized carbons (Fsp3) is 0.500. The second-order valence-electron chi connectivity index (χ2n) is 6.16. The quantitative estimate of drug-likeness (QED) is 0.902. The molecule has 0 spiro atoms. The van der Waals surface area contributed by atoms with E-state index in [4.69, 9.17) is 0 Å². The molecule has 3 nitrogen and oxygen atoms in total. The van der Waals surface area contributed by atoms with E-state index < -0.39 is 0 Å². The van der Waals surface area contributed by atoms with Crippen LogP contribution in [-0.2, 0) is 4.79 Å². The molecule has 0 saturated carbocycles. The van der Waals surface area contributed by atoms with Crippen molar-refractivity contribution in [3.05, 3.63) is 42.0 Å². The Morgan fingerprint density at radius 2 is 2.10 bits per heavy atom. The van der Waals surface area contributed by atoms with E-state index in [-0.39, 0.29) is 11.9 Å². The zero-order valence-electron chi connectivity index (χ0n) is 13.3. The highest BCUT2D eigenvalue weighted by atomic mass is 16.2. The van der Waals surface area contributed by atoms with Crippen LogP contribution < -0.4 is 5.32 Å². The van der Waals surface area contributed by atoms with Crippen molar-refractivity contribution in [3.63, 3.8) is 0 Å². The Balaban J connectivity index is 2.16. The molecule has 0 bridgehead atoms. The van der Waals surface area contributed by atoms with E-state index in [1.807, 2.05) is 13.0 Å². The lowest BCUT2D eigenvalue weighted by Gasteiger charge is -2.33. The number of carbonyl (C=O) groups is 1. The van der Waals surface area contributed by atoms with Crippen molar-refractivity contribution in [1.82, 2.24) is 10.2 Å². The van der Waals surface area contributed by atoms with Crippen LogP contribution in [0.15, 0.2) is 36.4 Å². The van der Waals surface area contributed by atoms with Crippen molar-refractivity contribution in [2.24, 2.45) is 5.92 Å². The molecule has 1 fully saturated rings. The van der Waals surface area contributed by atoms with Gasteiger partial charge in [0.1, 0.15) is 0 Å². The molecule has 0 aliphatic carbocycles. The molecule has 1 saturated heterocycles. The number of carbonyl (C=O) groups excluding carboxylic acids is 1. The molecule has 1 aromatic rings. The average Bonchev–Trinajstić information content (AvgIpc) is 2.48. The van der Waals surface area contributed by atoms with Gasteiger partial charge < -0.3 is 5.32 Å². The number of allylic oxidation sites excluding steroid dienone is 1. The van der Waals surface area contributed by atoms with Crippen LogP contribution in [0.4, 0.5) is 0 Å². The van der Waals surface area contributed by atoms with Crippen LogP contribution in [-0.4, -0.2) is 36.5 Å². The van der Waals surface area contributed by atoms with Gasteiger partial charge in [0.15, 0.2) is 0 Å². The maximum absolute atomic E-state index is 11.8. The third-order valence-electron chi connectivity index (χ3n) is 3.98. The summed E-state index contributed by atoms with van der Waals surface area (Å²) >= 11 is 0. The van der Waals surface area contributed by atoms with E-state index in [0.29, 0.717) is 5.92 Å². The predicted molar refractivity (Wildman–Crippen MR) is 87.9 cm³/mol. The summed E-state index contributed by atoms with van der Waals surface area (Å²) < 4.78 is 0. The molecule has 114 valence electrons. The summed E-state index contributed by atoms with van der Waals surface area (Å²) in [6.07, 6.45) is 3.40. The van der Waals surface area contributed by atoms with Gasteiger partial charge >= 0.3 is 0 Å². The van der Waals surface area contributed by atoms with Crippen LogP contribution in [0.5, 0.6) is 0 Å². The lowest BCUT2D eigenvalue weighted by molar-refractivity contribution is -0.127. The number of hydrogen-bond acceptors (Lipinski definition) is 2. The minimum absolute atomic E-state index is 0.0510. The molecule has 1 aliphatic rings. The zero-order chi connectivity index (χ0) is 15.2. The molecule has 0 radical (unpaired) electrons. The smallest absolute Gasteiger partial charge is 0.237 e. The highest BCUT2D eigenvalue weighted by Crippen LogP contribution is 2.20. The number of piperazine rings is 1. The molecule has 3 heteroatoms. The lowest BCUT2D eigenvalue weighted by atomic mass is 10.00. The summed E-state index contributed by atoms with van der Waals surface area (Å²) in [7, 11) is 0. The Morgan fingerprint density at radius 1 is 1.38 bits per heavy atom. The zero-order valence-corrected chi connectivity index (χ0v) is 13.3. The van der Waals surface area contributed by atoms with Gasteiger partial charge in [-0.1, -0.05) is 50.3 Å². The maximum atomic E-state index is 11.8. The fourth-order valence-electron chi connectivity index (χ4n) is 2.57. The largest absolute Gasteiger partial charge is 0.353 e. The van der Waals surface area contributed by atoms with Crippen LogP contribution in [0.3, 0.4) is 0 Å². The highest BCUT2D eigenvalue weighted by Gasteiger charge is 2.25. The van der Waals surface area contributed by atoms with Crippen LogP contribution in [0.1, 0.15) is 32.8 Å². The van der Waals surface area contributed by atoms with Crippen molar-refractivity contribution in [2.75, 3.05) is 19.6 Å². The third-order valence-corrected chi connectivity index (χ3v) is 3.98. The van der Waals surface area contributed by atoms with Gasteiger partial charge in [-0.25, -0.2) is 0 Å². The molecule has 1 unspecified atom stereocenters. The van der Waals surface area contributed by atoms with E-state index in [2.05, 4.69) is 54.4 Å². The Labute approximate surface area is 128 Å². The summed E-state index contributed by atoms with van der Waals surface area (Å²) in [6.45, 7) is 8.95. The third kappa shape index (κ3) is 4.43. The summed E-state index contributed by atoms with van der Waals surface area (Å²) in [5.41, 5.74) is 2.59. The SMILES string of the molecule is CC(C)C/C=C(\CN1CCNC(=O)C1C)c1ccccc1. The van der Waals surface area contributed by atoms with Gasteiger partial charge in [-0.15, -0.1) is 0 Å². The van der Waals surface area contributed by atoms with E-state index in [9.17, 15) is 4.79 Å². The standard InChI is InChI=1S/C18H26N2O/c1-14(2)9-10-17(16-7-5-4-6-8-16)13-20-12-11-19-18(21)15(20)3/h4-8,10,14-15H,9,11-13H2,1-3H3,(H,19,21)/b17-10+. The van der Waals surface area contributed by atoms with Crippen LogP contribution >= 0.6 is 0 Å². The first-order valence-corrected chi connectivity index (χ1v) is 7.84. The number of amides is 1. The Hall–Kier alpha value is -1.61. The van der Waals surface area contributed by atoms with Gasteiger partial charge in [-0.2, -0.15) is 0 Å². The maximum Gasteiger partial charge on any atom is 0.237 e. The van der Waals surface area contributed by atoms with E-state index in [0.717, 1.165) is 26.1 Å². The van der Waals surface area contributed by atoms with Gasteiger partial charge in [-0.05, 0) is 30.4 Å². The number of hydrogen-bond donors (Lipinski definition) is 1. The summed E-state index contributed by atoms with van der Waals surface area (Å²) in [5, 5.41) is 2.92. The summed E-state index contributed by atoms with van der Waals surface area (Å²) in [4.78, 5) is 14.1. The Morgan fingerprint density at radius 3 is 2.76 bits per heavy atom.